The second-order valence-corrected chi connectivity index (χ2v) is 8.42. The second kappa shape index (κ2) is 7.52. The quantitative estimate of drug-likeness (QED) is 0.776. The molecule has 1 saturated heterocycles. The van der Waals surface area contributed by atoms with E-state index >= 15 is 0 Å². The average Bonchev–Trinajstić information content (AvgIpc) is 2.52. The molecule has 0 radical (unpaired) electrons. The summed E-state index contributed by atoms with van der Waals surface area (Å²) in [6.07, 6.45) is 0. The van der Waals surface area contributed by atoms with E-state index in [9.17, 15) is 0 Å². The van der Waals surface area contributed by atoms with Crippen molar-refractivity contribution in [2.45, 2.75) is 0 Å². The zero-order valence-corrected chi connectivity index (χ0v) is 12.3. The van der Waals surface area contributed by atoms with Gasteiger partial charge in [-0.3, -0.25) is 0 Å². The number of halogens is 1. The number of hydrogen-bond donors (Lipinski definition) is 2. The van der Waals surface area contributed by atoms with E-state index in [0.717, 1.165) is 39.3 Å². The number of nitrogens with zero attached hydrogens (tertiary/aromatic N) is 1. The van der Waals surface area contributed by atoms with Crippen LogP contribution in [0.15, 0.2) is 30.3 Å². The molecule has 17 heavy (non-hydrogen) atoms. The molecule has 1 aromatic rings. The fraction of sp³-hybridized carbons (Fsp3) is 0.500. The van der Waals surface area contributed by atoms with E-state index in [-0.39, 0.29) is 0 Å². The zero-order valence-electron chi connectivity index (χ0n) is 9.95. The van der Waals surface area contributed by atoms with Gasteiger partial charge in [0.15, 0.2) is 0 Å². The maximum absolute atomic E-state index is 6.70. The molecule has 2 N–H and O–H groups in total. The van der Waals surface area contributed by atoms with Crippen LogP contribution in [0.4, 0.5) is 0 Å². The molecule has 2 rings (SSSR count). The number of hydrogen-bond acceptors (Lipinski definition) is 3. The van der Waals surface area contributed by atoms with Crippen molar-refractivity contribution >= 4 is 13.2 Å². The molecule has 0 spiro atoms. The average molecular weight is 289 g/mol. The van der Waals surface area contributed by atoms with E-state index in [1.807, 2.05) is 6.07 Å². The molecule has 5 heteroatoms. The molecule has 1 aromatic carbocycles. The van der Waals surface area contributed by atoms with Gasteiger partial charge >= 0.3 is 114 Å². The van der Waals surface area contributed by atoms with Gasteiger partial charge in [-0.05, 0) is 0 Å². The molecular weight excluding hydrogens is 269 g/mol. The van der Waals surface area contributed by atoms with Gasteiger partial charge in [0.25, 0.3) is 0 Å². The predicted octanol–water partition coefficient (Wildman–Crippen LogP) is 0.494. The van der Waals surface area contributed by atoms with E-state index in [0.29, 0.717) is 0 Å². The fourth-order valence-electron chi connectivity index (χ4n) is 1.92. The van der Waals surface area contributed by atoms with Crippen LogP contribution in [0.5, 0.6) is 0 Å². The van der Waals surface area contributed by atoms with Crippen LogP contribution in [0.1, 0.15) is 0 Å². The van der Waals surface area contributed by atoms with Gasteiger partial charge in [0.1, 0.15) is 0 Å². The van der Waals surface area contributed by atoms with Crippen LogP contribution in [-0.4, -0.2) is 42.7 Å². The predicted molar refractivity (Wildman–Crippen MR) is 69.2 cm³/mol. The normalized spacial score (nSPS) is 19.1. The molecular formula is C12H19ClN3Ti. The molecule has 3 nitrogen and oxygen atoms in total. The Morgan fingerprint density at radius 1 is 0.941 bits per heavy atom. The molecule has 0 unspecified atom stereocenters. The van der Waals surface area contributed by atoms with Crippen LogP contribution in [0.2, 0.25) is 0 Å². The Bertz CT molecular complexity index is 313. The molecule has 0 amide bonds. The molecule has 1 fully saturated rings. The molecule has 1 aliphatic rings. The van der Waals surface area contributed by atoms with E-state index in [4.69, 9.17) is 9.30 Å². The third-order valence-electron chi connectivity index (χ3n) is 2.89. The minimum absolute atomic E-state index is 1.04. The van der Waals surface area contributed by atoms with Crippen LogP contribution in [0.25, 0.3) is 0 Å². The molecule has 1 heterocycles. The Balaban J connectivity index is 1.98. The molecule has 0 saturated carbocycles. The Kier molecular flexibility index (Phi) is 5.99. The van der Waals surface area contributed by atoms with Crippen LogP contribution in [0, 0.1) is 0 Å². The Morgan fingerprint density at radius 3 is 2.12 bits per heavy atom. The first-order valence-electron chi connectivity index (χ1n) is 6.12. The molecule has 0 atom stereocenters. The van der Waals surface area contributed by atoms with Crippen molar-refractivity contribution < 1.29 is 17.1 Å². The Labute approximate surface area is 114 Å². The first-order valence-corrected chi connectivity index (χ1v) is 9.75. The molecule has 0 bridgehead atoms. The Morgan fingerprint density at radius 2 is 1.53 bits per heavy atom. The summed E-state index contributed by atoms with van der Waals surface area (Å²) in [5.74, 6) is 0. The summed E-state index contributed by atoms with van der Waals surface area (Å²) in [4.78, 5) is 0. The summed E-state index contributed by atoms with van der Waals surface area (Å²) < 4.78 is 3.82. The summed E-state index contributed by atoms with van der Waals surface area (Å²) in [5.41, 5.74) is 0. The number of rotatable bonds is 2. The van der Waals surface area contributed by atoms with Crippen molar-refractivity contribution in [3.63, 3.8) is 0 Å². The number of benzene rings is 1. The maximum atomic E-state index is 6.70. The number of nitrogens with one attached hydrogen (secondary N) is 2. The molecule has 93 valence electrons. The van der Waals surface area contributed by atoms with Crippen LogP contribution in [0.3, 0.4) is 0 Å². The summed E-state index contributed by atoms with van der Waals surface area (Å²) in [7, 11) is 6.70. The zero-order chi connectivity index (χ0) is 11.9. The van der Waals surface area contributed by atoms with Crippen molar-refractivity contribution in [2.24, 2.45) is 0 Å². The first kappa shape index (κ1) is 13.5. The van der Waals surface area contributed by atoms with Crippen LogP contribution >= 0.6 is 9.30 Å². The van der Waals surface area contributed by atoms with Crippen molar-refractivity contribution in [3.8, 4) is 0 Å². The first-order chi connectivity index (χ1) is 8.38. The van der Waals surface area contributed by atoms with Gasteiger partial charge in [0.2, 0.25) is 0 Å². The van der Waals surface area contributed by atoms with E-state index in [1.165, 1.54) is 3.87 Å². The minimum atomic E-state index is -1.78. The molecule has 0 aromatic heterocycles. The summed E-state index contributed by atoms with van der Waals surface area (Å²) in [6.45, 7) is 6.31. The standard InChI is InChI=1S/C6H14N3.C6H5.ClH.Ti/c1-2-8-5-6-9-4-3-7-1;1-2-4-6-5-3-1;;/h7-8H,1-6H2;1-5H;1H;/q-1;;;+2/p-1. The summed E-state index contributed by atoms with van der Waals surface area (Å²) in [5, 5.41) is 6.85. The molecule has 1 aliphatic heterocycles. The summed E-state index contributed by atoms with van der Waals surface area (Å²) in [6, 6.07) is 10.5. The van der Waals surface area contributed by atoms with E-state index in [2.05, 4.69) is 38.3 Å². The van der Waals surface area contributed by atoms with Gasteiger partial charge in [0, 0.05) is 0 Å². The Hall–Kier alpha value is 0.104. The third kappa shape index (κ3) is 4.36. The van der Waals surface area contributed by atoms with Crippen molar-refractivity contribution in [1.29, 1.82) is 0 Å². The van der Waals surface area contributed by atoms with Crippen LogP contribution < -0.4 is 14.5 Å². The van der Waals surface area contributed by atoms with E-state index < -0.39 is 17.1 Å². The van der Waals surface area contributed by atoms with Gasteiger partial charge in [-0.2, -0.15) is 0 Å². The third-order valence-corrected chi connectivity index (χ3v) is 7.60. The van der Waals surface area contributed by atoms with Gasteiger partial charge in [-0.15, -0.1) is 0 Å². The second-order valence-electron chi connectivity index (χ2n) is 4.14. The fourth-order valence-corrected chi connectivity index (χ4v) is 5.40. The van der Waals surface area contributed by atoms with Crippen molar-refractivity contribution in [3.05, 3.63) is 30.3 Å². The van der Waals surface area contributed by atoms with E-state index in [1.54, 1.807) is 0 Å². The van der Waals surface area contributed by atoms with Gasteiger partial charge < -0.3 is 0 Å². The molecule has 0 aliphatic carbocycles. The van der Waals surface area contributed by atoms with Crippen molar-refractivity contribution in [1.82, 2.24) is 14.0 Å². The van der Waals surface area contributed by atoms with Gasteiger partial charge in [-0.25, -0.2) is 0 Å². The van der Waals surface area contributed by atoms with Gasteiger partial charge in [0.05, 0.1) is 0 Å². The summed E-state index contributed by atoms with van der Waals surface area (Å²) >= 11 is -1.78. The van der Waals surface area contributed by atoms with Crippen molar-refractivity contribution in [2.75, 3.05) is 39.3 Å². The van der Waals surface area contributed by atoms with Crippen LogP contribution in [-0.2, 0) is 17.1 Å². The monoisotopic (exact) mass is 288 g/mol. The SMILES string of the molecule is [Cl][Ti]([c]1ccccc1)[N]1CCNCCNCC1. The van der Waals surface area contributed by atoms with Gasteiger partial charge in [-0.1, -0.05) is 0 Å². The topological polar surface area (TPSA) is 27.3 Å².